The normalized spacial score (nSPS) is 21.9. The van der Waals surface area contributed by atoms with Crippen LogP contribution in [-0.2, 0) is 35.5 Å². The molecule has 1 N–H and O–H groups in total. The van der Waals surface area contributed by atoms with Crippen LogP contribution in [0.2, 0.25) is 0 Å². The summed E-state index contributed by atoms with van der Waals surface area (Å²) in [7, 11) is 0. The fourth-order valence-electron chi connectivity index (χ4n) is 6.39. The van der Waals surface area contributed by atoms with Crippen LogP contribution >= 0.6 is 11.3 Å². The molecule has 0 saturated carbocycles. The Bertz CT molecular complexity index is 1530. The molecule has 0 radical (unpaired) electrons. The third-order valence-corrected chi connectivity index (χ3v) is 9.54. The quantitative estimate of drug-likeness (QED) is 0.521. The number of nitrogens with zero attached hydrogens (tertiary/aromatic N) is 4. The van der Waals surface area contributed by atoms with Crippen LogP contribution in [0.3, 0.4) is 0 Å². The maximum absolute atomic E-state index is 13.0. The molecule has 2 aromatic heterocycles. The minimum absolute atomic E-state index is 0.126. The number of rotatable bonds is 4. The molecule has 8 nitrogen and oxygen atoms in total. The van der Waals surface area contributed by atoms with Gasteiger partial charge in [-0.25, -0.2) is 9.97 Å². The number of carbonyl (C=O) groups is 3. The number of aromatic nitrogens is 2. The van der Waals surface area contributed by atoms with Crippen molar-refractivity contribution >= 4 is 44.8 Å². The zero-order valence-corrected chi connectivity index (χ0v) is 22.0. The summed E-state index contributed by atoms with van der Waals surface area (Å²) in [6.07, 6.45) is 10.5. The molecule has 3 aliphatic heterocycles. The number of imide groups is 1. The van der Waals surface area contributed by atoms with E-state index in [1.54, 1.807) is 11.2 Å². The highest BCUT2D eigenvalue weighted by Crippen LogP contribution is 2.39. The number of piperidine rings is 1. The van der Waals surface area contributed by atoms with Gasteiger partial charge in [0.15, 0.2) is 0 Å². The second kappa shape index (κ2) is 9.39. The molecular weight excluding hydrogens is 498 g/mol. The Hall–Kier alpha value is -3.43. The van der Waals surface area contributed by atoms with Crippen molar-refractivity contribution < 1.29 is 14.4 Å². The van der Waals surface area contributed by atoms with Gasteiger partial charge in [0.25, 0.3) is 5.91 Å². The first kappa shape index (κ1) is 23.7. The Labute approximate surface area is 224 Å². The minimum atomic E-state index is -0.580. The highest BCUT2D eigenvalue weighted by molar-refractivity contribution is 7.18. The first-order valence-corrected chi connectivity index (χ1v) is 14.3. The van der Waals surface area contributed by atoms with Crippen molar-refractivity contribution in [3.63, 3.8) is 0 Å². The maximum Gasteiger partial charge on any atom is 0.255 e. The van der Waals surface area contributed by atoms with Crippen LogP contribution in [0.15, 0.2) is 30.6 Å². The van der Waals surface area contributed by atoms with E-state index in [-0.39, 0.29) is 24.1 Å². The molecule has 1 aliphatic carbocycles. The van der Waals surface area contributed by atoms with E-state index in [9.17, 15) is 14.4 Å². The lowest BCUT2D eigenvalue weighted by atomic mass is 9.93. The third-order valence-electron chi connectivity index (χ3n) is 8.34. The van der Waals surface area contributed by atoms with Gasteiger partial charge in [-0.1, -0.05) is 18.2 Å². The Morgan fingerprint density at radius 2 is 1.95 bits per heavy atom. The lowest BCUT2D eigenvalue weighted by molar-refractivity contribution is -0.136. The molecule has 38 heavy (non-hydrogen) atoms. The van der Waals surface area contributed by atoms with Gasteiger partial charge in [-0.2, -0.15) is 0 Å². The monoisotopic (exact) mass is 527 g/mol. The van der Waals surface area contributed by atoms with Crippen molar-refractivity contribution in [2.45, 2.75) is 64.1 Å². The van der Waals surface area contributed by atoms with E-state index in [1.165, 1.54) is 40.7 Å². The molecule has 0 bridgehead atoms. The van der Waals surface area contributed by atoms with Crippen LogP contribution in [-0.4, -0.2) is 56.6 Å². The summed E-state index contributed by atoms with van der Waals surface area (Å²) in [6.45, 7) is 3.01. The molecule has 1 aromatic carbocycles. The van der Waals surface area contributed by atoms with Crippen molar-refractivity contribution in [3.8, 4) is 0 Å². The van der Waals surface area contributed by atoms with Gasteiger partial charge in [-0.05, 0) is 66.9 Å². The summed E-state index contributed by atoms with van der Waals surface area (Å²) in [5.74, 6) is -0.768. The smallest absolute Gasteiger partial charge is 0.255 e. The molecule has 194 valence electrons. The number of amides is 3. The summed E-state index contributed by atoms with van der Waals surface area (Å²) in [5, 5.41) is 3.65. The first-order chi connectivity index (χ1) is 18.5. The average molecular weight is 528 g/mol. The van der Waals surface area contributed by atoms with Crippen molar-refractivity contribution in [1.82, 2.24) is 25.1 Å². The number of benzene rings is 1. The van der Waals surface area contributed by atoms with E-state index in [1.807, 2.05) is 23.5 Å². The Morgan fingerprint density at radius 1 is 1.05 bits per heavy atom. The van der Waals surface area contributed by atoms with E-state index in [2.05, 4.69) is 27.3 Å². The number of hydrogen-bond acceptors (Lipinski definition) is 7. The first-order valence-electron chi connectivity index (χ1n) is 13.5. The molecule has 1 fully saturated rings. The van der Waals surface area contributed by atoms with Gasteiger partial charge >= 0.3 is 0 Å². The molecular formula is C29H29N5O3S. The molecule has 1 unspecified atom stereocenters. The van der Waals surface area contributed by atoms with Crippen LogP contribution in [0, 0.1) is 0 Å². The third kappa shape index (κ3) is 4.05. The molecule has 1 atom stereocenters. The Morgan fingerprint density at radius 3 is 2.79 bits per heavy atom. The lowest BCUT2D eigenvalue weighted by Crippen LogP contribution is -2.52. The minimum Gasteiger partial charge on any atom is -0.322 e. The van der Waals surface area contributed by atoms with Gasteiger partial charge < -0.3 is 4.90 Å². The Kier molecular flexibility index (Phi) is 5.85. The van der Waals surface area contributed by atoms with Crippen LogP contribution in [0.25, 0.3) is 15.8 Å². The number of hydrogen-bond donors (Lipinski definition) is 1. The Balaban J connectivity index is 1.06. The van der Waals surface area contributed by atoms with E-state index in [0.29, 0.717) is 18.5 Å². The van der Waals surface area contributed by atoms with Crippen LogP contribution < -0.4 is 5.32 Å². The number of aryl methyl sites for hydroxylation is 2. The van der Waals surface area contributed by atoms with Gasteiger partial charge in [0.1, 0.15) is 17.2 Å². The molecule has 9 heteroatoms. The summed E-state index contributed by atoms with van der Waals surface area (Å²) in [4.78, 5) is 52.8. The molecule has 0 spiro atoms. The molecule has 4 aliphatic rings. The van der Waals surface area contributed by atoms with Gasteiger partial charge in [0.05, 0.1) is 5.69 Å². The fourth-order valence-corrected chi connectivity index (χ4v) is 7.62. The number of thiophene rings is 1. The van der Waals surface area contributed by atoms with E-state index < -0.39 is 6.04 Å². The highest BCUT2D eigenvalue weighted by Gasteiger charge is 2.39. The number of nitrogens with one attached hydrogen (secondary N) is 1. The van der Waals surface area contributed by atoms with E-state index in [4.69, 9.17) is 4.98 Å². The fraction of sp³-hybridized carbons (Fsp3) is 0.414. The second-order valence-corrected chi connectivity index (χ2v) is 11.8. The SMILES string of the molecule is O=C1CCC(N2Cc3cc(CN4CC=C(c5ncnc6sc7c(c56)CCCC7)CC4)ccc3C2=O)C(=O)N1. The van der Waals surface area contributed by atoms with E-state index >= 15 is 0 Å². The van der Waals surface area contributed by atoms with Crippen LogP contribution in [0.5, 0.6) is 0 Å². The van der Waals surface area contributed by atoms with Gasteiger partial charge in [-0.3, -0.25) is 24.6 Å². The molecule has 3 aromatic rings. The number of carbonyl (C=O) groups excluding carboxylic acids is 3. The second-order valence-electron chi connectivity index (χ2n) is 10.7. The van der Waals surface area contributed by atoms with Gasteiger partial charge in [0, 0.05) is 48.4 Å². The summed E-state index contributed by atoms with van der Waals surface area (Å²) in [5.41, 5.74) is 6.70. The zero-order valence-electron chi connectivity index (χ0n) is 21.2. The summed E-state index contributed by atoms with van der Waals surface area (Å²) >= 11 is 1.85. The van der Waals surface area contributed by atoms with Gasteiger partial charge in [-0.15, -0.1) is 11.3 Å². The van der Waals surface area contributed by atoms with Crippen LogP contribution in [0.4, 0.5) is 0 Å². The van der Waals surface area contributed by atoms with Crippen molar-refractivity contribution in [3.05, 3.63) is 63.4 Å². The van der Waals surface area contributed by atoms with Crippen molar-refractivity contribution in [1.29, 1.82) is 0 Å². The molecule has 1 saturated heterocycles. The maximum atomic E-state index is 13.0. The predicted molar refractivity (Wildman–Crippen MR) is 144 cm³/mol. The standard InChI is InChI=1S/C29H29N5O3S/c35-24-8-7-22(27(36)32-24)34-15-19-13-17(5-6-20(19)29(34)37)14-33-11-9-18(10-12-33)26-25-21-3-1-2-4-23(21)38-28(25)31-16-30-26/h5-6,9,13,16,22H,1-4,7-8,10-12,14-15H2,(H,32,35,36). The molecule has 3 amide bonds. The molecule has 5 heterocycles. The summed E-state index contributed by atoms with van der Waals surface area (Å²) < 4.78 is 0. The average Bonchev–Trinajstić information content (AvgIpc) is 3.46. The van der Waals surface area contributed by atoms with Crippen molar-refractivity contribution in [2.24, 2.45) is 0 Å². The topological polar surface area (TPSA) is 95.5 Å². The summed E-state index contributed by atoms with van der Waals surface area (Å²) in [6, 6.07) is 5.43. The van der Waals surface area contributed by atoms with Crippen LogP contribution in [0.1, 0.15) is 69.7 Å². The zero-order chi connectivity index (χ0) is 25.8. The van der Waals surface area contributed by atoms with E-state index in [0.717, 1.165) is 54.1 Å². The highest BCUT2D eigenvalue weighted by atomic mass is 32.1. The van der Waals surface area contributed by atoms with Gasteiger partial charge in [0.2, 0.25) is 11.8 Å². The van der Waals surface area contributed by atoms with Crippen molar-refractivity contribution in [2.75, 3.05) is 13.1 Å². The number of fused-ring (bicyclic) bond motifs is 4. The largest absolute Gasteiger partial charge is 0.322 e. The predicted octanol–water partition coefficient (Wildman–Crippen LogP) is 3.62. The lowest BCUT2D eigenvalue weighted by Gasteiger charge is -2.29. The molecule has 7 rings (SSSR count).